The predicted molar refractivity (Wildman–Crippen MR) is 146 cm³/mol. The maximum atomic E-state index is 13.7. The summed E-state index contributed by atoms with van der Waals surface area (Å²) in [4.78, 5) is 16.1. The number of allylic oxidation sites excluding steroid dienone is 2. The summed E-state index contributed by atoms with van der Waals surface area (Å²) in [5, 5.41) is 2.37. The van der Waals surface area contributed by atoms with Gasteiger partial charge in [-0.05, 0) is 66.8 Å². The number of carbonyl (C=O) groups is 1. The maximum Gasteiger partial charge on any atom is 0.243 e. The van der Waals surface area contributed by atoms with Gasteiger partial charge >= 0.3 is 0 Å². The Morgan fingerprint density at radius 3 is 2.44 bits per heavy atom. The van der Waals surface area contributed by atoms with Gasteiger partial charge in [0.25, 0.3) is 0 Å². The van der Waals surface area contributed by atoms with Crippen LogP contribution in [0.4, 0.5) is 5.69 Å². The van der Waals surface area contributed by atoms with Crippen molar-refractivity contribution in [2.45, 2.75) is 57.3 Å². The number of nitrogens with zero attached hydrogens (tertiary/aromatic N) is 2. The molecule has 0 aromatic heterocycles. The lowest BCUT2D eigenvalue weighted by Crippen LogP contribution is -2.35. The molecular formula is C30H34N2O3S. The highest BCUT2D eigenvalue weighted by Gasteiger charge is 2.41. The Bertz CT molecular complexity index is 1480. The second-order valence-electron chi connectivity index (χ2n) is 10.4. The molecule has 2 aliphatic heterocycles. The first kappa shape index (κ1) is 24.7. The molecule has 0 saturated carbocycles. The van der Waals surface area contributed by atoms with E-state index in [9.17, 15) is 13.2 Å². The van der Waals surface area contributed by atoms with E-state index in [1.165, 1.54) is 16.3 Å². The van der Waals surface area contributed by atoms with Gasteiger partial charge < -0.3 is 4.90 Å². The van der Waals surface area contributed by atoms with Crippen molar-refractivity contribution in [2.75, 3.05) is 24.5 Å². The van der Waals surface area contributed by atoms with Crippen LogP contribution in [0.5, 0.6) is 0 Å². The van der Waals surface area contributed by atoms with Gasteiger partial charge in [-0.3, -0.25) is 4.79 Å². The van der Waals surface area contributed by atoms with Crippen molar-refractivity contribution >= 4 is 32.3 Å². The maximum absolute atomic E-state index is 13.7. The van der Waals surface area contributed by atoms with Crippen LogP contribution in [0.1, 0.15) is 61.5 Å². The molecule has 0 bridgehead atoms. The number of sulfonamides is 1. The van der Waals surface area contributed by atoms with Crippen molar-refractivity contribution in [3.8, 4) is 0 Å². The van der Waals surface area contributed by atoms with Gasteiger partial charge in [0.1, 0.15) is 0 Å². The molecule has 2 aliphatic rings. The Morgan fingerprint density at radius 1 is 1.00 bits per heavy atom. The highest BCUT2D eigenvalue weighted by molar-refractivity contribution is 7.89. The standard InChI is InChI=1S/C30H34N2O3S/c1-5-32-26-16-14-22-11-7-8-12-24(22)29(26)30(3,4)28(32)20-27(33)25-19-23(15-13-21(25)2)36(34,35)31-17-9-6-10-18-31/h7-8,11-16,19-20H,5-6,9-10,17-18H2,1-4H3/b28-20+. The van der Waals surface area contributed by atoms with Gasteiger partial charge in [-0.15, -0.1) is 0 Å². The van der Waals surface area contributed by atoms with Gasteiger partial charge in [0.2, 0.25) is 10.0 Å². The van der Waals surface area contributed by atoms with Crippen molar-refractivity contribution < 1.29 is 13.2 Å². The Kier molecular flexibility index (Phi) is 6.29. The average Bonchev–Trinajstić information content (AvgIpc) is 3.10. The van der Waals surface area contributed by atoms with Crippen LogP contribution in [-0.2, 0) is 15.4 Å². The van der Waals surface area contributed by atoms with E-state index in [1.54, 1.807) is 28.6 Å². The van der Waals surface area contributed by atoms with Gasteiger partial charge in [-0.25, -0.2) is 8.42 Å². The summed E-state index contributed by atoms with van der Waals surface area (Å²) in [7, 11) is -3.62. The normalized spacial score (nSPS) is 19.1. The molecule has 1 fully saturated rings. The molecule has 36 heavy (non-hydrogen) atoms. The van der Waals surface area contributed by atoms with Crippen molar-refractivity contribution in [3.05, 3.63) is 83.1 Å². The van der Waals surface area contributed by atoms with E-state index in [4.69, 9.17) is 0 Å². The molecule has 5 rings (SSSR count). The monoisotopic (exact) mass is 502 g/mol. The fraction of sp³-hybridized carbons (Fsp3) is 0.367. The van der Waals surface area contributed by atoms with E-state index in [2.05, 4.69) is 56.0 Å². The fourth-order valence-electron chi connectivity index (χ4n) is 5.82. The lowest BCUT2D eigenvalue weighted by atomic mass is 9.80. The number of carbonyl (C=O) groups excluding carboxylic acids is 1. The first-order valence-corrected chi connectivity index (χ1v) is 14.3. The third-order valence-corrected chi connectivity index (χ3v) is 9.66. The summed E-state index contributed by atoms with van der Waals surface area (Å²) in [6.45, 7) is 10.1. The summed E-state index contributed by atoms with van der Waals surface area (Å²) >= 11 is 0. The Hall–Kier alpha value is -2.96. The lowest BCUT2D eigenvalue weighted by molar-refractivity contribution is 0.104. The molecule has 2 heterocycles. The Labute approximate surface area is 214 Å². The Morgan fingerprint density at radius 2 is 1.72 bits per heavy atom. The summed E-state index contributed by atoms with van der Waals surface area (Å²) < 4.78 is 28.1. The van der Waals surface area contributed by atoms with E-state index in [-0.39, 0.29) is 16.1 Å². The number of anilines is 1. The molecule has 1 saturated heterocycles. The minimum atomic E-state index is -3.62. The van der Waals surface area contributed by atoms with Crippen LogP contribution in [0.25, 0.3) is 10.8 Å². The lowest BCUT2D eigenvalue weighted by Gasteiger charge is -2.27. The number of benzene rings is 3. The molecular weight excluding hydrogens is 468 g/mol. The summed E-state index contributed by atoms with van der Waals surface area (Å²) in [5.74, 6) is -0.165. The number of hydrogen-bond acceptors (Lipinski definition) is 4. The van der Waals surface area contributed by atoms with Crippen molar-refractivity contribution in [2.24, 2.45) is 0 Å². The third-order valence-electron chi connectivity index (χ3n) is 7.77. The zero-order valence-electron chi connectivity index (χ0n) is 21.5. The van der Waals surface area contributed by atoms with Gasteiger partial charge in [-0.2, -0.15) is 4.31 Å². The van der Waals surface area contributed by atoms with E-state index in [0.29, 0.717) is 18.7 Å². The number of rotatable bonds is 5. The molecule has 188 valence electrons. The van der Waals surface area contributed by atoms with Crippen LogP contribution >= 0.6 is 0 Å². The van der Waals surface area contributed by atoms with E-state index >= 15 is 0 Å². The molecule has 0 unspecified atom stereocenters. The van der Waals surface area contributed by atoms with Crippen molar-refractivity contribution in [3.63, 3.8) is 0 Å². The van der Waals surface area contributed by atoms with Crippen LogP contribution < -0.4 is 4.90 Å². The van der Waals surface area contributed by atoms with Crippen molar-refractivity contribution in [1.82, 2.24) is 4.31 Å². The van der Waals surface area contributed by atoms with E-state index in [1.807, 2.05) is 13.0 Å². The van der Waals surface area contributed by atoms with E-state index < -0.39 is 10.0 Å². The molecule has 0 amide bonds. The molecule has 6 heteroatoms. The van der Waals surface area contributed by atoms with Crippen LogP contribution in [-0.4, -0.2) is 38.1 Å². The first-order valence-electron chi connectivity index (χ1n) is 12.8. The summed E-state index contributed by atoms with van der Waals surface area (Å²) in [6.07, 6.45) is 4.52. The SMILES string of the molecule is CCN1/C(=C/C(=O)c2cc(S(=O)(=O)N3CCCCC3)ccc2C)C(C)(C)c2c1ccc1ccccc21. The molecule has 3 aromatic rings. The molecule has 0 aliphatic carbocycles. The highest BCUT2D eigenvalue weighted by Crippen LogP contribution is 2.50. The van der Waals surface area contributed by atoms with Gasteiger partial charge in [0, 0.05) is 48.1 Å². The van der Waals surface area contributed by atoms with Crippen LogP contribution in [0.3, 0.4) is 0 Å². The predicted octanol–water partition coefficient (Wildman–Crippen LogP) is 6.21. The van der Waals surface area contributed by atoms with Crippen LogP contribution in [0.2, 0.25) is 0 Å². The Balaban J connectivity index is 1.57. The smallest absolute Gasteiger partial charge is 0.243 e. The van der Waals surface area contributed by atoms with Crippen LogP contribution in [0, 0.1) is 6.92 Å². The van der Waals surface area contributed by atoms with Gasteiger partial charge in [0.15, 0.2) is 5.78 Å². The molecule has 0 spiro atoms. The first-order chi connectivity index (χ1) is 17.2. The zero-order valence-corrected chi connectivity index (χ0v) is 22.4. The van der Waals surface area contributed by atoms with Crippen molar-refractivity contribution in [1.29, 1.82) is 0 Å². The average molecular weight is 503 g/mol. The molecule has 0 radical (unpaired) electrons. The third kappa shape index (κ3) is 3.97. The molecule has 0 N–H and O–H groups in total. The highest BCUT2D eigenvalue weighted by atomic mass is 32.2. The van der Waals surface area contributed by atoms with Crippen LogP contribution in [0.15, 0.2) is 71.3 Å². The summed E-state index contributed by atoms with van der Waals surface area (Å²) in [5.41, 5.74) is 4.11. The molecule has 5 nitrogen and oxygen atoms in total. The summed E-state index contributed by atoms with van der Waals surface area (Å²) in [6, 6.07) is 17.6. The van der Waals surface area contributed by atoms with Gasteiger partial charge in [-0.1, -0.05) is 56.7 Å². The minimum absolute atomic E-state index is 0.165. The second kappa shape index (κ2) is 9.16. The number of hydrogen-bond donors (Lipinski definition) is 0. The largest absolute Gasteiger partial charge is 0.344 e. The topological polar surface area (TPSA) is 57.7 Å². The number of likely N-dealkylation sites (N-methyl/N-ethyl adjacent to an activating group) is 1. The van der Waals surface area contributed by atoms with Gasteiger partial charge in [0.05, 0.1) is 4.90 Å². The fourth-order valence-corrected chi connectivity index (χ4v) is 7.36. The molecule has 0 atom stereocenters. The number of fused-ring (bicyclic) bond motifs is 3. The zero-order chi connectivity index (χ0) is 25.7. The minimum Gasteiger partial charge on any atom is -0.344 e. The number of ketones is 1. The molecule has 3 aromatic carbocycles. The quantitative estimate of drug-likeness (QED) is 0.308. The number of piperidine rings is 1. The number of aryl methyl sites for hydroxylation is 1. The second-order valence-corrected chi connectivity index (χ2v) is 12.3. The van der Waals surface area contributed by atoms with E-state index in [0.717, 1.165) is 42.8 Å².